The standard InChI is InChI=1S/C16H17N3S/c1-12-18-15(11-20-12)8-9-17-10-14-7-6-13-4-2-3-5-16(13)19-14/h2-7,11,17H,8-10H2,1H3. The Bertz CT molecular complexity index is 706. The first kappa shape index (κ1) is 13.2. The van der Waals surface area contributed by atoms with E-state index in [0.717, 1.165) is 35.7 Å². The first-order chi connectivity index (χ1) is 9.81. The van der Waals surface area contributed by atoms with E-state index < -0.39 is 0 Å². The summed E-state index contributed by atoms with van der Waals surface area (Å²) in [7, 11) is 0. The van der Waals surface area contributed by atoms with Crippen LogP contribution in [0.25, 0.3) is 10.9 Å². The van der Waals surface area contributed by atoms with Crippen molar-refractivity contribution in [3.63, 3.8) is 0 Å². The Hall–Kier alpha value is -1.78. The second-order valence-corrected chi connectivity index (χ2v) is 5.84. The molecule has 0 spiro atoms. The summed E-state index contributed by atoms with van der Waals surface area (Å²) in [5.74, 6) is 0. The highest BCUT2D eigenvalue weighted by atomic mass is 32.1. The van der Waals surface area contributed by atoms with Crippen molar-refractivity contribution in [2.75, 3.05) is 6.54 Å². The van der Waals surface area contributed by atoms with Gasteiger partial charge in [0.25, 0.3) is 0 Å². The third-order valence-electron chi connectivity index (χ3n) is 3.19. The van der Waals surface area contributed by atoms with Crippen molar-refractivity contribution in [3.05, 3.63) is 58.2 Å². The molecule has 0 aliphatic heterocycles. The number of nitrogens with one attached hydrogen (secondary N) is 1. The van der Waals surface area contributed by atoms with Crippen LogP contribution in [0.4, 0.5) is 0 Å². The van der Waals surface area contributed by atoms with Crippen molar-refractivity contribution in [3.8, 4) is 0 Å². The van der Waals surface area contributed by atoms with Gasteiger partial charge in [0.15, 0.2) is 0 Å². The van der Waals surface area contributed by atoms with Gasteiger partial charge in [0.2, 0.25) is 0 Å². The summed E-state index contributed by atoms with van der Waals surface area (Å²) in [6.45, 7) is 3.77. The fourth-order valence-corrected chi connectivity index (χ4v) is 2.81. The van der Waals surface area contributed by atoms with Crippen molar-refractivity contribution < 1.29 is 0 Å². The predicted octanol–water partition coefficient (Wildman–Crippen LogP) is 3.33. The van der Waals surface area contributed by atoms with E-state index in [1.54, 1.807) is 11.3 Å². The molecule has 0 saturated carbocycles. The van der Waals surface area contributed by atoms with Crippen molar-refractivity contribution in [2.45, 2.75) is 19.9 Å². The molecule has 20 heavy (non-hydrogen) atoms. The number of fused-ring (bicyclic) bond motifs is 1. The monoisotopic (exact) mass is 283 g/mol. The highest BCUT2D eigenvalue weighted by Gasteiger charge is 2.00. The van der Waals surface area contributed by atoms with Gasteiger partial charge < -0.3 is 5.32 Å². The number of benzene rings is 1. The second kappa shape index (κ2) is 6.11. The predicted molar refractivity (Wildman–Crippen MR) is 84.0 cm³/mol. The van der Waals surface area contributed by atoms with E-state index in [-0.39, 0.29) is 0 Å². The van der Waals surface area contributed by atoms with Gasteiger partial charge in [-0.05, 0) is 19.1 Å². The Labute approximate surface area is 122 Å². The molecular weight excluding hydrogens is 266 g/mol. The first-order valence-electron chi connectivity index (χ1n) is 6.78. The summed E-state index contributed by atoms with van der Waals surface area (Å²) in [6, 6.07) is 12.4. The molecule has 3 aromatic rings. The zero-order chi connectivity index (χ0) is 13.8. The van der Waals surface area contributed by atoms with Gasteiger partial charge >= 0.3 is 0 Å². The van der Waals surface area contributed by atoms with Crippen molar-refractivity contribution in [1.29, 1.82) is 0 Å². The van der Waals surface area contributed by atoms with Crippen LogP contribution in [-0.4, -0.2) is 16.5 Å². The number of rotatable bonds is 5. The van der Waals surface area contributed by atoms with Gasteiger partial charge in [-0.1, -0.05) is 24.3 Å². The smallest absolute Gasteiger partial charge is 0.0897 e. The molecule has 0 aliphatic carbocycles. The Kier molecular flexibility index (Phi) is 4.04. The number of aryl methyl sites for hydroxylation is 1. The van der Waals surface area contributed by atoms with Crippen LogP contribution in [0.15, 0.2) is 41.8 Å². The fraction of sp³-hybridized carbons (Fsp3) is 0.250. The van der Waals surface area contributed by atoms with E-state index >= 15 is 0 Å². The molecule has 0 atom stereocenters. The van der Waals surface area contributed by atoms with Crippen molar-refractivity contribution in [2.24, 2.45) is 0 Å². The summed E-state index contributed by atoms with van der Waals surface area (Å²) in [4.78, 5) is 9.11. The molecule has 0 aliphatic rings. The summed E-state index contributed by atoms with van der Waals surface area (Å²) in [5, 5.41) is 7.88. The minimum absolute atomic E-state index is 0.800. The van der Waals surface area contributed by atoms with Crippen LogP contribution >= 0.6 is 11.3 Å². The molecule has 3 rings (SSSR count). The number of para-hydroxylation sites is 1. The van der Waals surface area contributed by atoms with Crippen molar-refractivity contribution >= 4 is 22.2 Å². The normalized spacial score (nSPS) is 11.1. The second-order valence-electron chi connectivity index (χ2n) is 4.78. The molecule has 1 aromatic carbocycles. The number of thiazole rings is 1. The lowest BCUT2D eigenvalue weighted by Crippen LogP contribution is -2.17. The maximum Gasteiger partial charge on any atom is 0.0897 e. The largest absolute Gasteiger partial charge is 0.311 e. The molecule has 0 unspecified atom stereocenters. The zero-order valence-electron chi connectivity index (χ0n) is 11.5. The van der Waals surface area contributed by atoms with Crippen LogP contribution in [-0.2, 0) is 13.0 Å². The van der Waals surface area contributed by atoms with Crippen LogP contribution in [0.2, 0.25) is 0 Å². The third kappa shape index (κ3) is 3.21. The Morgan fingerprint density at radius 3 is 2.80 bits per heavy atom. The summed E-state index contributed by atoms with van der Waals surface area (Å²) >= 11 is 1.71. The van der Waals surface area contributed by atoms with Gasteiger partial charge in [-0.3, -0.25) is 4.98 Å². The fourth-order valence-electron chi connectivity index (χ4n) is 2.16. The van der Waals surface area contributed by atoms with Crippen molar-refractivity contribution in [1.82, 2.24) is 15.3 Å². The molecule has 2 aromatic heterocycles. The zero-order valence-corrected chi connectivity index (χ0v) is 12.3. The maximum atomic E-state index is 4.65. The molecule has 4 heteroatoms. The Morgan fingerprint density at radius 2 is 1.95 bits per heavy atom. The average Bonchev–Trinajstić information content (AvgIpc) is 2.89. The topological polar surface area (TPSA) is 37.8 Å². The Balaban J connectivity index is 1.54. The van der Waals surface area contributed by atoms with Gasteiger partial charge in [-0.2, -0.15) is 0 Å². The maximum absolute atomic E-state index is 4.65. The highest BCUT2D eigenvalue weighted by molar-refractivity contribution is 7.09. The Morgan fingerprint density at radius 1 is 1.05 bits per heavy atom. The van der Waals surface area contributed by atoms with Gasteiger partial charge in [0, 0.05) is 30.3 Å². The minimum Gasteiger partial charge on any atom is -0.311 e. The molecule has 3 nitrogen and oxygen atoms in total. The van der Waals surface area contributed by atoms with E-state index in [1.165, 1.54) is 11.1 Å². The number of aromatic nitrogens is 2. The third-order valence-corrected chi connectivity index (χ3v) is 4.01. The van der Waals surface area contributed by atoms with Gasteiger partial charge in [0.1, 0.15) is 0 Å². The lowest BCUT2D eigenvalue weighted by Gasteiger charge is -2.04. The van der Waals surface area contributed by atoms with Gasteiger partial charge in [-0.25, -0.2) is 4.98 Å². The molecule has 1 N–H and O–H groups in total. The number of pyridine rings is 1. The van der Waals surface area contributed by atoms with E-state index in [0.29, 0.717) is 0 Å². The molecule has 0 bridgehead atoms. The molecule has 0 radical (unpaired) electrons. The van der Waals surface area contributed by atoms with Crippen LogP contribution in [0, 0.1) is 6.92 Å². The van der Waals surface area contributed by atoms with E-state index in [4.69, 9.17) is 0 Å². The lowest BCUT2D eigenvalue weighted by molar-refractivity contribution is 0.671. The first-order valence-corrected chi connectivity index (χ1v) is 7.65. The molecule has 102 valence electrons. The molecular formula is C16H17N3S. The summed E-state index contributed by atoms with van der Waals surface area (Å²) in [6.07, 6.45) is 0.970. The minimum atomic E-state index is 0.800. The molecule has 0 fully saturated rings. The van der Waals surface area contributed by atoms with E-state index in [1.807, 2.05) is 19.1 Å². The van der Waals surface area contributed by atoms with E-state index in [2.05, 4.69) is 44.9 Å². The highest BCUT2D eigenvalue weighted by Crippen LogP contribution is 2.11. The average molecular weight is 283 g/mol. The number of nitrogens with zero attached hydrogens (tertiary/aromatic N) is 2. The van der Waals surface area contributed by atoms with Gasteiger partial charge in [-0.15, -0.1) is 11.3 Å². The summed E-state index contributed by atoms with van der Waals surface area (Å²) < 4.78 is 0. The SMILES string of the molecule is Cc1nc(CCNCc2ccc3ccccc3n2)cs1. The van der Waals surface area contributed by atoms with Crippen LogP contribution in [0.5, 0.6) is 0 Å². The quantitative estimate of drug-likeness (QED) is 0.730. The summed E-state index contributed by atoms with van der Waals surface area (Å²) in [5.41, 5.74) is 3.31. The molecule has 2 heterocycles. The van der Waals surface area contributed by atoms with E-state index in [9.17, 15) is 0 Å². The lowest BCUT2D eigenvalue weighted by atomic mass is 10.2. The van der Waals surface area contributed by atoms with Gasteiger partial charge in [0.05, 0.1) is 21.9 Å². The number of hydrogen-bond acceptors (Lipinski definition) is 4. The molecule has 0 amide bonds. The number of hydrogen-bond donors (Lipinski definition) is 1. The van der Waals surface area contributed by atoms with Crippen LogP contribution in [0.1, 0.15) is 16.4 Å². The molecule has 0 saturated heterocycles. The van der Waals surface area contributed by atoms with Crippen LogP contribution < -0.4 is 5.32 Å². The van der Waals surface area contributed by atoms with Crippen LogP contribution in [0.3, 0.4) is 0 Å².